The van der Waals surface area contributed by atoms with Gasteiger partial charge in [-0.1, -0.05) is 29.8 Å². The largest absolute Gasteiger partial charge is 0.338 e. The van der Waals surface area contributed by atoms with E-state index in [1.165, 1.54) is 12.8 Å². The zero-order chi connectivity index (χ0) is 13.1. The number of hydrogen-bond donors (Lipinski definition) is 1. The van der Waals surface area contributed by atoms with Crippen LogP contribution in [0.1, 0.15) is 31.4 Å². The minimum Gasteiger partial charge on any atom is -0.338 e. The van der Waals surface area contributed by atoms with Crippen molar-refractivity contribution in [3.05, 3.63) is 34.9 Å². The molecule has 0 spiro atoms. The van der Waals surface area contributed by atoms with Gasteiger partial charge in [0.1, 0.15) is 0 Å². The van der Waals surface area contributed by atoms with Crippen molar-refractivity contribution in [3.63, 3.8) is 0 Å². The molecular weight excluding hydrogens is 248 g/mol. The van der Waals surface area contributed by atoms with E-state index in [0.717, 1.165) is 5.56 Å². The molecule has 0 heterocycles. The summed E-state index contributed by atoms with van der Waals surface area (Å²) in [6, 6.07) is 8.21. The highest BCUT2D eigenvalue weighted by atomic mass is 35.5. The number of nitrogens with zero attached hydrogens (tertiary/aromatic N) is 1. The van der Waals surface area contributed by atoms with Gasteiger partial charge in [-0.15, -0.1) is 0 Å². The van der Waals surface area contributed by atoms with E-state index in [9.17, 15) is 4.79 Å². The van der Waals surface area contributed by atoms with Crippen LogP contribution < -0.4 is 5.32 Å². The molecule has 3 nitrogen and oxygen atoms in total. The van der Waals surface area contributed by atoms with Gasteiger partial charge in [0.25, 0.3) is 0 Å². The van der Waals surface area contributed by atoms with Crippen molar-refractivity contribution < 1.29 is 4.79 Å². The number of hydrogen-bond acceptors (Lipinski definition) is 2. The van der Waals surface area contributed by atoms with Gasteiger partial charge >= 0.3 is 0 Å². The number of nitrogens with one attached hydrogen (secondary N) is 1. The molecule has 1 unspecified atom stereocenters. The molecule has 1 saturated carbocycles. The number of rotatable bonds is 5. The molecule has 1 aromatic carbocycles. The number of amides is 1. The first kappa shape index (κ1) is 13.4. The minimum absolute atomic E-state index is 0.00722. The van der Waals surface area contributed by atoms with Crippen LogP contribution in [0.25, 0.3) is 0 Å². The van der Waals surface area contributed by atoms with Crippen molar-refractivity contribution in [2.24, 2.45) is 0 Å². The van der Waals surface area contributed by atoms with Gasteiger partial charge in [0.05, 0.1) is 12.6 Å². The maximum atomic E-state index is 12.0. The van der Waals surface area contributed by atoms with E-state index in [4.69, 9.17) is 11.6 Å². The standard InChI is InChI=1S/C14H19ClN2O/c1-10(12-5-3-4-6-13(12)15)17(2)14(18)9-16-11-7-8-11/h3-6,10-11,16H,7-9H2,1-2H3. The lowest BCUT2D eigenvalue weighted by Crippen LogP contribution is -2.37. The number of carbonyl (C=O) groups excluding carboxylic acids is 1. The summed E-state index contributed by atoms with van der Waals surface area (Å²) in [5.41, 5.74) is 0.987. The zero-order valence-electron chi connectivity index (χ0n) is 10.8. The average Bonchev–Trinajstić information content (AvgIpc) is 3.19. The summed E-state index contributed by atoms with van der Waals surface area (Å²) in [6.07, 6.45) is 2.38. The quantitative estimate of drug-likeness (QED) is 0.889. The number of benzene rings is 1. The van der Waals surface area contributed by atoms with Crippen molar-refractivity contribution >= 4 is 17.5 Å². The molecule has 1 aromatic rings. The van der Waals surface area contributed by atoms with Gasteiger partial charge < -0.3 is 10.2 Å². The molecule has 98 valence electrons. The molecule has 1 aliphatic rings. The summed E-state index contributed by atoms with van der Waals surface area (Å²) in [5, 5.41) is 3.94. The van der Waals surface area contributed by atoms with Gasteiger partial charge in [-0.25, -0.2) is 0 Å². The molecule has 18 heavy (non-hydrogen) atoms. The highest BCUT2D eigenvalue weighted by Gasteiger charge is 2.24. The molecule has 2 rings (SSSR count). The molecule has 0 saturated heterocycles. The molecule has 0 bridgehead atoms. The van der Waals surface area contributed by atoms with Crippen LogP contribution in [0.2, 0.25) is 5.02 Å². The molecule has 1 atom stereocenters. The first-order valence-corrected chi connectivity index (χ1v) is 6.71. The lowest BCUT2D eigenvalue weighted by molar-refractivity contribution is -0.130. The maximum absolute atomic E-state index is 12.0. The highest BCUT2D eigenvalue weighted by molar-refractivity contribution is 6.31. The molecule has 1 fully saturated rings. The Morgan fingerprint density at radius 1 is 1.50 bits per heavy atom. The predicted molar refractivity (Wildman–Crippen MR) is 73.7 cm³/mol. The maximum Gasteiger partial charge on any atom is 0.236 e. The normalized spacial score (nSPS) is 16.4. The SMILES string of the molecule is CC(c1ccccc1Cl)N(C)C(=O)CNC1CC1. The van der Waals surface area contributed by atoms with Gasteiger partial charge in [-0.3, -0.25) is 4.79 Å². The Morgan fingerprint density at radius 2 is 2.17 bits per heavy atom. The van der Waals surface area contributed by atoms with E-state index < -0.39 is 0 Å². The van der Waals surface area contributed by atoms with Gasteiger partial charge in [0.2, 0.25) is 5.91 Å². The van der Waals surface area contributed by atoms with Gasteiger partial charge in [0, 0.05) is 18.1 Å². The van der Waals surface area contributed by atoms with Gasteiger partial charge in [-0.2, -0.15) is 0 Å². The van der Waals surface area contributed by atoms with Crippen LogP contribution in [-0.2, 0) is 4.79 Å². The molecule has 0 aliphatic heterocycles. The minimum atomic E-state index is -0.00722. The molecule has 4 heteroatoms. The van der Waals surface area contributed by atoms with E-state index in [1.54, 1.807) is 4.90 Å². The number of likely N-dealkylation sites (N-methyl/N-ethyl adjacent to an activating group) is 1. The average molecular weight is 267 g/mol. The van der Waals surface area contributed by atoms with E-state index in [2.05, 4.69) is 5.32 Å². The summed E-state index contributed by atoms with van der Waals surface area (Å²) in [4.78, 5) is 13.8. The Kier molecular flexibility index (Phi) is 4.25. The van der Waals surface area contributed by atoms with Crippen molar-refractivity contribution in [2.45, 2.75) is 31.8 Å². The third-order valence-electron chi connectivity index (χ3n) is 3.45. The molecule has 1 N–H and O–H groups in total. The van der Waals surface area contributed by atoms with Gasteiger partial charge in [-0.05, 0) is 31.4 Å². The van der Waals surface area contributed by atoms with Crippen molar-refractivity contribution in [1.82, 2.24) is 10.2 Å². The van der Waals surface area contributed by atoms with Crippen LogP contribution in [0.5, 0.6) is 0 Å². The summed E-state index contributed by atoms with van der Waals surface area (Å²) in [5.74, 6) is 0.106. The van der Waals surface area contributed by atoms with Crippen molar-refractivity contribution in [3.8, 4) is 0 Å². The Labute approximate surface area is 113 Å². The second-order valence-corrected chi connectivity index (χ2v) is 5.26. The molecule has 1 amide bonds. The highest BCUT2D eigenvalue weighted by Crippen LogP contribution is 2.26. The lowest BCUT2D eigenvalue weighted by atomic mass is 10.1. The van der Waals surface area contributed by atoms with E-state index in [1.807, 2.05) is 38.2 Å². The van der Waals surface area contributed by atoms with Crippen LogP contribution in [0.3, 0.4) is 0 Å². The first-order valence-electron chi connectivity index (χ1n) is 6.33. The zero-order valence-corrected chi connectivity index (χ0v) is 11.6. The third kappa shape index (κ3) is 3.24. The Morgan fingerprint density at radius 3 is 2.78 bits per heavy atom. The molecule has 0 aromatic heterocycles. The van der Waals surface area contributed by atoms with E-state index in [-0.39, 0.29) is 11.9 Å². The number of carbonyl (C=O) groups is 1. The molecule has 0 radical (unpaired) electrons. The Balaban J connectivity index is 1.96. The monoisotopic (exact) mass is 266 g/mol. The molecule has 1 aliphatic carbocycles. The van der Waals surface area contributed by atoms with E-state index >= 15 is 0 Å². The predicted octanol–water partition coefficient (Wildman–Crippen LogP) is 2.61. The van der Waals surface area contributed by atoms with Crippen LogP contribution in [0, 0.1) is 0 Å². The fourth-order valence-corrected chi connectivity index (χ4v) is 2.18. The summed E-state index contributed by atoms with van der Waals surface area (Å²) in [7, 11) is 1.82. The van der Waals surface area contributed by atoms with Crippen molar-refractivity contribution in [1.29, 1.82) is 0 Å². The number of halogens is 1. The summed E-state index contributed by atoms with van der Waals surface area (Å²) in [6.45, 7) is 2.41. The van der Waals surface area contributed by atoms with Crippen LogP contribution >= 0.6 is 11.6 Å². The fourth-order valence-electron chi connectivity index (χ4n) is 1.88. The lowest BCUT2D eigenvalue weighted by Gasteiger charge is -2.26. The van der Waals surface area contributed by atoms with E-state index in [0.29, 0.717) is 17.6 Å². The van der Waals surface area contributed by atoms with Gasteiger partial charge in [0.15, 0.2) is 0 Å². The van der Waals surface area contributed by atoms with Crippen LogP contribution in [0.4, 0.5) is 0 Å². The molecular formula is C14H19ClN2O. The summed E-state index contributed by atoms with van der Waals surface area (Å²) < 4.78 is 0. The van der Waals surface area contributed by atoms with Crippen molar-refractivity contribution in [2.75, 3.05) is 13.6 Å². The fraction of sp³-hybridized carbons (Fsp3) is 0.500. The Hall–Kier alpha value is -1.06. The van der Waals surface area contributed by atoms with Crippen LogP contribution in [0.15, 0.2) is 24.3 Å². The first-order chi connectivity index (χ1) is 8.59. The smallest absolute Gasteiger partial charge is 0.236 e. The second kappa shape index (κ2) is 5.72. The Bertz CT molecular complexity index is 432. The summed E-state index contributed by atoms with van der Waals surface area (Å²) >= 11 is 6.15. The van der Waals surface area contributed by atoms with Crippen LogP contribution in [-0.4, -0.2) is 30.4 Å². The second-order valence-electron chi connectivity index (χ2n) is 4.86. The third-order valence-corrected chi connectivity index (χ3v) is 3.79. The topological polar surface area (TPSA) is 32.3 Å².